The normalized spacial score (nSPS) is 15.5. The van der Waals surface area contributed by atoms with Crippen molar-refractivity contribution in [1.82, 2.24) is 0 Å². The summed E-state index contributed by atoms with van der Waals surface area (Å²) in [5.41, 5.74) is -5.86. The predicted molar refractivity (Wildman–Crippen MR) is 54.7 cm³/mol. The molecule has 0 aliphatic rings. The molecular formula is C9H14F6O3S. The van der Waals surface area contributed by atoms with Gasteiger partial charge >= 0.3 is 21.8 Å². The van der Waals surface area contributed by atoms with Gasteiger partial charge in [0.05, 0.1) is 0 Å². The summed E-state index contributed by atoms with van der Waals surface area (Å²) in [5, 5.41) is 0. The first kappa shape index (κ1) is 18.5. The maximum Gasteiger partial charge on any atom is 0.523 e. The minimum Gasteiger partial charge on any atom is -0.250 e. The maximum absolute atomic E-state index is 12.4. The summed E-state index contributed by atoms with van der Waals surface area (Å²) < 4.78 is 97.4. The topological polar surface area (TPSA) is 43.4 Å². The molecule has 0 radical (unpaired) electrons. The monoisotopic (exact) mass is 316 g/mol. The Hall–Kier alpha value is -0.510. The highest BCUT2D eigenvalue weighted by Gasteiger charge is 2.53. The SMILES string of the molecule is CCCCCCC(OS(=O)(=O)C(F)(F)F)C(F)(F)F. The third-order valence-corrected chi connectivity index (χ3v) is 3.26. The van der Waals surface area contributed by atoms with Crippen molar-refractivity contribution in [2.24, 2.45) is 0 Å². The first-order chi connectivity index (χ1) is 8.42. The van der Waals surface area contributed by atoms with Gasteiger partial charge in [-0.3, -0.25) is 4.18 Å². The van der Waals surface area contributed by atoms with Gasteiger partial charge in [0, 0.05) is 0 Å². The molecule has 0 saturated carbocycles. The van der Waals surface area contributed by atoms with Gasteiger partial charge in [0.2, 0.25) is 0 Å². The summed E-state index contributed by atoms with van der Waals surface area (Å²) >= 11 is 0. The minimum absolute atomic E-state index is 0.0641. The van der Waals surface area contributed by atoms with Gasteiger partial charge in [-0.1, -0.05) is 32.6 Å². The van der Waals surface area contributed by atoms with Crippen LogP contribution in [0.5, 0.6) is 0 Å². The van der Waals surface area contributed by atoms with Gasteiger partial charge in [0.1, 0.15) is 0 Å². The Labute approximate surface area is 107 Å². The van der Waals surface area contributed by atoms with Crippen LogP contribution in [0.2, 0.25) is 0 Å². The van der Waals surface area contributed by atoms with Gasteiger partial charge < -0.3 is 0 Å². The van der Waals surface area contributed by atoms with Crippen LogP contribution >= 0.6 is 0 Å². The molecular weight excluding hydrogens is 302 g/mol. The van der Waals surface area contributed by atoms with E-state index in [1.165, 1.54) is 0 Å². The van der Waals surface area contributed by atoms with Crippen LogP contribution in [0.3, 0.4) is 0 Å². The van der Waals surface area contributed by atoms with Gasteiger partial charge in [0.25, 0.3) is 0 Å². The van der Waals surface area contributed by atoms with Crippen LogP contribution in [-0.2, 0) is 14.3 Å². The molecule has 0 aromatic rings. The summed E-state index contributed by atoms with van der Waals surface area (Å²) in [6.07, 6.45) is -7.32. The van der Waals surface area contributed by atoms with Gasteiger partial charge in [0.15, 0.2) is 6.10 Å². The average molecular weight is 316 g/mol. The van der Waals surface area contributed by atoms with Crippen LogP contribution in [0.25, 0.3) is 0 Å². The Balaban J connectivity index is 4.72. The molecule has 0 amide bonds. The number of rotatable bonds is 7. The zero-order valence-corrected chi connectivity index (χ0v) is 10.8. The van der Waals surface area contributed by atoms with Crippen molar-refractivity contribution < 1.29 is 38.9 Å². The van der Waals surface area contributed by atoms with E-state index in [4.69, 9.17) is 0 Å². The summed E-state index contributed by atoms with van der Waals surface area (Å²) in [6, 6.07) is 0. The summed E-state index contributed by atoms with van der Waals surface area (Å²) in [7, 11) is -6.24. The van der Waals surface area contributed by atoms with Crippen molar-refractivity contribution in [3.05, 3.63) is 0 Å². The molecule has 0 saturated heterocycles. The molecule has 10 heteroatoms. The second-order valence-corrected chi connectivity index (χ2v) is 5.44. The molecule has 0 aromatic heterocycles. The lowest BCUT2D eigenvalue weighted by molar-refractivity contribution is -0.199. The molecule has 0 rings (SSSR count). The minimum atomic E-state index is -6.24. The van der Waals surface area contributed by atoms with E-state index in [1.54, 1.807) is 6.92 Å². The number of halogens is 6. The highest BCUT2D eigenvalue weighted by Crippen LogP contribution is 2.33. The van der Waals surface area contributed by atoms with Crippen LogP contribution in [0, 0.1) is 0 Å². The molecule has 3 nitrogen and oxygen atoms in total. The Morgan fingerprint density at radius 3 is 1.89 bits per heavy atom. The van der Waals surface area contributed by atoms with Crippen molar-refractivity contribution in [2.75, 3.05) is 0 Å². The van der Waals surface area contributed by atoms with E-state index < -0.39 is 34.3 Å². The molecule has 0 spiro atoms. The lowest BCUT2D eigenvalue weighted by Crippen LogP contribution is -2.38. The van der Waals surface area contributed by atoms with Crippen molar-refractivity contribution >= 4 is 10.1 Å². The van der Waals surface area contributed by atoms with Crippen molar-refractivity contribution in [2.45, 2.75) is 56.8 Å². The van der Waals surface area contributed by atoms with Crippen molar-refractivity contribution in [3.63, 3.8) is 0 Å². The smallest absolute Gasteiger partial charge is 0.250 e. The van der Waals surface area contributed by atoms with E-state index in [1.807, 2.05) is 0 Å². The molecule has 0 aliphatic carbocycles. The fraction of sp³-hybridized carbons (Fsp3) is 1.00. The molecule has 0 bridgehead atoms. The summed E-state index contributed by atoms with van der Waals surface area (Å²) in [6.45, 7) is 1.80. The Morgan fingerprint density at radius 2 is 1.53 bits per heavy atom. The molecule has 0 aliphatic heterocycles. The quantitative estimate of drug-likeness (QED) is 0.311. The standard InChI is InChI=1S/C9H14F6O3S/c1-2-3-4-5-6-7(8(10,11)12)18-19(16,17)9(13,14)15/h7H,2-6H2,1H3. The zero-order chi connectivity index (χ0) is 15.3. The number of hydrogen-bond donors (Lipinski definition) is 0. The molecule has 19 heavy (non-hydrogen) atoms. The van der Waals surface area contributed by atoms with E-state index in [0.717, 1.165) is 6.42 Å². The van der Waals surface area contributed by atoms with Crippen molar-refractivity contribution in [3.8, 4) is 0 Å². The Kier molecular flexibility index (Phi) is 6.60. The Morgan fingerprint density at radius 1 is 1.00 bits per heavy atom. The molecule has 116 valence electrons. The fourth-order valence-electron chi connectivity index (χ4n) is 1.23. The van der Waals surface area contributed by atoms with Gasteiger partial charge in [-0.25, -0.2) is 0 Å². The van der Waals surface area contributed by atoms with Crippen LogP contribution in [-0.4, -0.2) is 26.2 Å². The Bertz CT molecular complexity index is 359. The van der Waals surface area contributed by atoms with Crippen molar-refractivity contribution in [1.29, 1.82) is 0 Å². The van der Waals surface area contributed by atoms with E-state index in [2.05, 4.69) is 4.18 Å². The summed E-state index contributed by atoms with van der Waals surface area (Å²) in [5.74, 6) is 0. The largest absolute Gasteiger partial charge is 0.523 e. The highest BCUT2D eigenvalue weighted by atomic mass is 32.2. The third-order valence-electron chi connectivity index (χ3n) is 2.21. The molecule has 0 aromatic carbocycles. The van der Waals surface area contributed by atoms with Gasteiger partial charge in [-0.05, 0) is 6.42 Å². The first-order valence-electron chi connectivity index (χ1n) is 5.48. The predicted octanol–water partition coefficient (Wildman–Crippen LogP) is 3.75. The van der Waals surface area contributed by atoms with E-state index in [9.17, 15) is 34.8 Å². The zero-order valence-electron chi connectivity index (χ0n) is 10.0. The highest BCUT2D eigenvalue weighted by molar-refractivity contribution is 7.87. The average Bonchev–Trinajstić information content (AvgIpc) is 2.19. The molecule has 0 heterocycles. The fourth-order valence-corrected chi connectivity index (χ4v) is 1.85. The van der Waals surface area contributed by atoms with E-state index in [0.29, 0.717) is 12.8 Å². The van der Waals surface area contributed by atoms with Crippen LogP contribution in [0.4, 0.5) is 26.3 Å². The lowest BCUT2D eigenvalue weighted by atomic mass is 10.1. The van der Waals surface area contributed by atoms with Crippen LogP contribution in [0.15, 0.2) is 0 Å². The van der Waals surface area contributed by atoms with E-state index >= 15 is 0 Å². The van der Waals surface area contributed by atoms with Crippen LogP contribution < -0.4 is 0 Å². The molecule has 0 fully saturated rings. The van der Waals surface area contributed by atoms with Gasteiger partial charge in [-0.2, -0.15) is 34.8 Å². The van der Waals surface area contributed by atoms with E-state index in [-0.39, 0.29) is 6.42 Å². The summed E-state index contributed by atoms with van der Waals surface area (Å²) in [4.78, 5) is 0. The van der Waals surface area contributed by atoms with Gasteiger partial charge in [-0.15, -0.1) is 0 Å². The van der Waals surface area contributed by atoms with Crippen LogP contribution in [0.1, 0.15) is 39.0 Å². The molecule has 0 N–H and O–H groups in total. The maximum atomic E-state index is 12.4. The molecule has 1 atom stereocenters. The number of hydrogen-bond acceptors (Lipinski definition) is 3. The lowest BCUT2D eigenvalue weighted by Gasteiger charge is -2.20. The number of unbranched alkanes of at least 4 members (excludes halogenated alkanes) is 3. The third kappa shape index (κ3) is 6.46. The first-order valence-corrected chi connectivity index (χ1v) is 6.89. The second kappa shape index (κ2) is 6.78. The molecule has 1 unspecified atom stereocenters. The number of alkyl halides is 6. The second-order valence-electron chi connectivity index (χ2n) is 3.88.